The first-order valence-corrected chi connectivity index (χ1v) is 4.15. The molecule has 0 bridgehead atoms. The Morgan fingerprint density at radius 3 is 1.67 bits per heavy atom. The molecule has 0 spiro atoms. The highest BCUT2D eigenvalue weighted by atomic mass is 16.4. The van der Waals surface area contributed by atoms with Crippen LogP contribution in [-0.2, 0) is 14.4 Å². The summed E-state index contributed by atoms with van der Waals surface area (Å²) in [6.45, 7) is -1.37. The highest BCUT2D eigenvalue weighted by molar-refractivity contribution is 6.19. The average molecular weight is 220 g/mol. The third-order valence-corrected chi connectivity index (χ3v) is 2.03. The Labute approximate surface area is 85.0 Å². The van der Waals surface area contributed by atoms with Crippen molar-refractivity contribution in [2.75, 3.05) is 13.2 Å². The summed E-state index contributed by atoms with van der Waals surface area (Å²) in [6.07, 6.45) is -1.28. The van der Waals surface area contributed by atoms with Crippen molar-refractivity contribution in [1.82, 2.24) is 0 Å². The minimum atomic E-state index is -2.66. The van der Waals surface area contributed by atoms with Crippen LogP contribution >= 0.6 is 0 Å². The van der Waals surface area contributed by atoms with Crippen molar-refractivity contribution >= 4 is 17.7 Å². The fraction of sp³-hybridized carbons (Fsp3) is 0.625. The van der Waals surface area contributed by atoms with Crippen LogP contribution in [0, 0.1) is 5.41 Å². The van der Waals surface area contributed by atoms with E-state index in [4.69, 9.17) is 20.4 Å². The molecule has 0 aliphatic carbocycles. The lowest BCUT2D eigenvalue weighted by Crippen LogP contribution is -2.47. The van der Waals surface area contributed by atoms with E-state index in [-0.39, 0.29) is 0 Å². The van der Waals surface area contributed by atoms with E-state index < -0.39 is 49.2 Å². The number of aliphatic carboxylic acids is 2. The maximum Gasteiger partial charge on any atom is 0.328 e. The Kier molecular flexibility index (Phi) is 4.89. The van der Waals surface area contributed by atoms with Gasteiger partial charge < -0.3 is 20.4 Å². The molecule has 0 fully saturated rings. The minimum Gasteiger partial charge on any atom is -0.480 e. The van der Waals surface area contributed by atoms with Crippen LogP contribution in [0.4, 0.5) is 0 Å². The first kappa shape index (κ1) is 13.5. The molecule has 4 N–H and O–H groups in total. The third-order valence-electron chi connectivity index (χ3n) is 2.03. The van der Waals surface area contributed by atoms with E-state index in [0.717, 1.165) is 0 Å². The summed E-state index contributed by atoms with van der Waals surface area (Å²) in [7, 11) is 0. The van der Waals surface area contributed by atoms with Gasteiger partial charge in [0, 0.05) is 19.4 Å². The number of carbonyl (C=O) groups is 3. The zero-order valence-electron chi connectivity index (χ0n) is 7.84. The molecule has 0 aliphatic rings. The molecule has 0 aromatic heterocycles. The van der Waals surface area contributed by atoms with Gasteiger partial charge in [-0.15, -0.1) is 0 Å². The van der Waals surface area contributed by atoms with Crippen molar-refractivity contribution in [2.24, 2.45) is 5.41 Å². The first-order valence-electron chi connectivity index (χ1n) is 4.15. The second-order valence-electron chi connectivity index (χ2n) is 2.89. The molecule has 0 saturated carbocycles. The van der Waals surface area contributed by atoms with E-state index in [2.05, 4.69) is 0 Å². The van der Waals surface area contributed by atoms with E-state index in [9.17, 15) is 14.4 Å². The quantitative estimate of drug-likeness (QED) is 0.383. The predicted octanol–water partition coefficient (Wildman–Crippen LogP) is -1.52. The minimum absolute atomic E-state index is 0.571. The Balaban J connectivity index is 5.21. The Bertz CT molecular complexity index is 256. The van der Waals surface area contributed by atoms with Gasteiger partial charge in [-0.3, -0.25) is 14.4 Å². The average Bonchev–Trinajstić information content (AvgIpc) is 2.13. The number of ketones is 1. The molecule has 0 radical (unpaired) electrons. The fourth-order valence-electron chi connectivity index (χ4n) is 1.17. The van der Waals surface area contributed by atoms with E-state index in [1.165, 1.54) is 0 Å². The molecule has 0 aliphatic heterocycles. The molecule has 0 heterocycles. The van der Waals surface area contributed by atoms with Crippen molar-refractivity contribution in [2.45, 2.75) is 12.8 Å². The van der Waals surface area contributed by atoms with Gasteiger partial charge in [-0.05, 0) is 0 Å². The molecular formula is C8H12O7. The standard InChI is InChI=1S/C8H12O7/c9-3-1-5(11)8(2-4-10,6(12)13)7(14)15/h9-10H,1-4H2,(H,12,13)(H,14,15). The maximum atomic E-state index is 11.3. The lowest BCUT2D eigenvalue weighted by atomic mass is 9.79. The molecule has 0 aromatic rings. The van der Waals surface area contributed by atoms with Crippen molar-refractivity contribution in [1.29, 1.82) is 0 Å². The number of rotatable bonds is 7. The van der Waals surface area contributed by atoms with Crippen LogP contribution in [0.1, 0.15) is 12.8 Å². The fourth-order valence-corrected chi connectivity index (χ4v) is 1.17. The second kappa shape index (κ2) is 5.42. The second-order valence-corrected chi connectivity index (χ2v) is 2.89. The molecule has 86 valence electrons. The molecule has 7 nitrogen and oxygen atoms in total. The van der Waals surface area contributed by atoms with Gasteiger partial charge in [0.15, 0.2) is 5.78 Å². The summed E-state index contributed by atoms with van der Waals surface area (Å²) in [5, 5.41) is 34.5. The number of hydrogen-bond acceptors (Lipinski definition) is 5. The normalized spacial score (nSPS) is 11.1. The van der Waals surface area contributed by atoms with Crippen molar-refractivity contribution < 1.29 is 34.8 Å². The largest absolute Gasteiger partial charge is 0.480 e. The van der Waals surface area contributed by atoms with E-state index >= 15 is 0 Å². The molecule has 0 amide bonds. The molecule has 0 aromatic carbocycles. The number of carbonyl (C=O) groups excluding carboxylic acids is 1. The lowest BCUT2D eigenvalue weighted by molar-refractivity contribution is -0.169. The topological polar surface area (TPSA) is 132 Å². The predicted molar refractivity (Wildman–Crippen MR) is 46.1 cm³/mol. The van der Waals surface area contributed by atoms with E-state index in [0.29, 0.717) is 0 Å². The van der Waals surface area contributed by atoms with Crippen LogP contribution in [0.15, 0.2) is 0 Å². The Hall–Kier alpha value is -1.47. The summed E-state index contributed by atoms with van der Waals surface area (Å²) in [4.78, 5) is 32.9. The number of carboxylic acids is 2. The number of hydrogen-bond donors (Lipinski definition) is 4. The van der Waals surface area contributed by atoms with Gasteiger partial charge in [0.25, 0.3) is 0 Å². The first-order chi connectivity index (χ1) is 6.93. The number of Topliss-reactive ketones (excluding diaryl/α,β-unsaturated/α-hetero) is 1. The zero-order chi connectivity index (χ0) is 12.1. The summed E-state index contributed by atoms with van der Waals surface area (Å²) >= 11 is 0. The molecule has 0 unspecified atom stereocenters. The molecule has 7 heteroatoms. The van der Waals surface area contributed by atoms with Gasteiger partial charge in [0.05, 0.1) is 6.61 Å². The smallest absolute Gasteiger partial charge is 0.328 e. The Morgan fingerprint density at radius 2 is 1.40 bits per heavy atom. The molecule has 0 atom stereocenters. The maximum absolute atomic E-state index is 11.3. The molecule has 0 rings (SSSR count). The van der Waals surface area contributed by atoms with Crippen LogP contribution < -0.4 is 0 Å². The molecular weight excluding hydrogens is 208 g/mol. The number of aliphatic hydroxyl groups excluding tert-OH is 2. The number of carboxylic acid groups (broad SMARTS) is 2. The van der Waals surface area contributed by atoms with Crippen molar-refractivity contribution in [3.05, 3.63) is 0 Å². The summed E-state index contributed by atoms with van der Waals surface area (Å²) < 4.78 is 0. The molecule has 0 saturated heterocycles. The van der Waals surface area contributed by atoms with Crippen LogP contribution in [0.5, 0.6) is 0 Å². The van der Waals surface area contributed by atoms with Crippen LogP contribution in [0.25, 0.3) is 0 Å². The molecule has 15 heavy (non-hydrogen) atoms. The summed E-state index contributed by atoms with van der Waals surface area (Å²) in [5.41, 5.74) is -2.66. The van der Waals surface area contributed by atoms with Gasteiger partial charge in [-0.2, -0.15) is 0 Å². The van der Waals surface area contributed by atoms with Gasteiger partial charge in [-0.25, -0.2) is 0 Å². The van der Waals surface area contributed by atoms with Gasteiger partial charge in [0.2, 0.25) is 5.41 Å². The summed E-state index contributed by atoms with van der Waals surface area (Å²) in [5.74, 6) is -4.79. The van der Waals surface area contributed by atoms with Crippen LogP contribution in [0.3, 0.4) is 0 Å². The lowest BCUT2D eigenvalue weighted by Gasteiger charge is -2.21. The SMILES string of the molecule is O=C(O)C(CCO)(C(=O)O)C(=O)CCO. The number of aliphatic hydroxyl groups is 2. The van der Waals surface area contributed by atoms with Gasteiger partial charge >= 0.3 is 11.9 Å². The third kappa shape index (κ3) is 2.51. The van der Waals surface area contributed by atoms with Gasteiger partial charge in [-0.1, -0.05) is 0 Å². The monoisotopic (exact) mass is 220 g/mol. The van der Waals surface area contributed by atoms with E-state index in [1.54, 1.807) is 0 Å². The van der Waals surface area contributed by atoms with Gasteiger partial charge in [0.1, 0.15) is 0 Å². The van der Waals surface area contributed by atoms with Crippen LogP contribution in [0.2, 0.25) is 0 Å². The highest BCUT2D eigenvalue weighted by Crippen LogP contribution is 2.25. The van der Waals surface area contributed by atoms with E-state index in [1.807, 2.05) is 0 Å². The van der Waals surface area contributed by atoms with Crippen molar-refractivity contribution in [3.63, 3.8) is 0 Å². The highest BCUT2D eigenvalue weighted by Gasteiger charge is 2.52. The summed E-state index contributed by atoms with van der Waals surface area (Å²) in [6, 6.07) is 0. The Morgan fingerprint density at radius 1 is 0.933 bits per heavy atom. The van der Waals surface area contributed by atoms with Crippen LogP contribution in [-0.4, -0.2) is 51.4 Å². The zero-order valence-corrected chi connectivity index (χ0v) is 7.84. The van der Waals surface area contributed by atoms with Crippen molar-refractivity contribution in [3.8, 4) is 0 Å².